The first-order valence-corrected chi connectivity index (χ1v) is 7.19. The second kappa shape index (κ2) is 5.69. The van der Waals surface area contributed by atoms with E-state index in [-0.39, 0.29) is 0 Å². The van der Waals surface area contributed by atoms with Crippen LogP contribution >= 0.6 is 31.9 Å². The van der Waals surface area contributed by atoms with Crippen molar-refractivity contribution in [3.63, 3.8) is 0 Å². The van der Waals surface area contributed by atoms with E-state index >= 15 is 0 Å². The summed E-state index contributed by atoms with van der Waals surface area (Å²) in [5.41, 5.74) is 2.32. The molecule has 0 aliphatic heterocycles. The fourth-order valence-corrected chi connectivity index (χ4v) is 2.40. The van der Waals surface area contributed by atoms with Crippen molar-refractivity contribution in [3.8, 4) is 11.5 Å². The highest BCUT2D eigenvalue weighted by Gasteiger charge is 2.04. The van der Waals surface area contributed by atoms with Crippen LogP contribution in [0.5, 0.6) is 11.5 Å². The number of aryl methyl sites for hydroxylation is 1. The Morgan fingerprint density at radius 3 is 2.65 bits per heavy atom. The van der Waals surface area contributed by atoms with Gasteiger partial charge in [0.1, 0.15) is 11.5 Å². The lowest BCUT2D eigenvalue weighted by atomic mass is 10.2. The summed E-state index contributed by atoms with van der Waals surface area (Å²) in [6.45, 7) is 2.06. The third-order valence-corrected chi connectivity index (χ3v) is 3.48. The molecule has 0 amide bonds. The van der Waals surface area contributed by atoms with E-state index in [9.17, 15) is 0 Å². The Hall–Kier alpha value is -0.800. The molecule has 0 heterocycles. The number of hydrogen-bond acceptors (Lipinski definition) is 1. The number of halogens is 2. The van der Waals surface area contributed by atoms with Gasteiger partial charge in [0.05, 0.1) is 0 Å². The van der Waals surface area contributed by atoms with Crippen LogP contribution in [-0.4, -0.2) is 0 Å². The van der Waals surface area contributed by atoms with Crippen LogP contribution in [0.15, 0.2) is 46.9 Å². The van der Waals surface area contributed by atoms with E-state index in [2.05, 4.69) is 50.9 Å². The minimum atomic E-state index is 0.771. The van der Waals surface area contributed by atoms with Crippen LogP contribution in [0, 0.1) is 6.92 Å². The summed E-state index contributed by atoms with van der Waals surface area (Å²) in [6.07, 6.45) is 0. The number of hydrogen-bond donors (Lipinski definition) is 0. The third kappa shape index (κ3) is 3.33. The van der Waals surface area contributed by atoms with Crippen LogP contribution < -0.4 is 4.74 Å². The zero-order valence-electron chi connectivity index (χ0n) is 9.41. The molecule has 1 nitrogen and oxygen atoms in total. The molecule has 88 valence electrons. The Bertz CT molecular complexity index is 523. The molecule has 0 fully saturated rings. The van der Waals surface area contributed by atoms with Gasteiger partial charge < -0.3 is 4.74 Å². The van der Waals surface area contributed by atoms with E-state index in [0.29, 0.717) is 0 Å². The monoisotopic (exact) mass is 354 g/mol. The van der Waals surface area contributed by atoms with Gasteiger partial charge in [-0.25, -0.2) is 0 Å². The normalized spacial score (nSPS) is 10.3. The van der Waals surface area contributed by atoms with E-state index in [1.807, 2.05) is 30.3 Å². The molecule has 0 aliphatic rings. The molecule has 0 atom stereocenters. The van der Waals surface area contributed by atoms with E-state index in [1.165, 1.54) is 5.56 Å². The van der Waals surface area contributed by atoms with Gasteiger partial charge in [-0.15, -0.1) is 0 Å². The smallest absolute Gasteiger partial charge is 0.131 e. The highest BCUT2D eigenvalue weighted by molar-refractivity contribution is 9.10. The largest absolute Gasteiger partial charge is 0.457 e. The minimum absolute atomic E-state index is 0.771. The number of alkyl halides is 1. The summed E-state index contributed by atoms with van der Waals surface area (Å²) in [5.74, 6) is 1.75. The average Bonchev–Trinajstić information content (AvgIpc) is 2.31. The molecule has 0 spiro atoms. The van der Waals surface area contributed by atoms with Crippen LogP contribution in [0.2, 0.25) is 0 Å². The van der Waals surface area contributed by atoms with Crippen molar-refractivity contribution in [1.29, 1.82) is 0 Å². The Morgan fingerprint density at radius 2 is 1.94 bits per heavy atom. The number of benzene rings is 2. The molecule has 0 N–H and O–H groups in total. The maximum absolute atomic E-state index is 5.89. The fourth-order valence-electron chi connectivity index (χ4n) is 1.56. The zero-order chi connectivity index (χ0) is 12.3. The van der Waals surface area contributed by atoms with Crippen LogP contribution in [0.4, 0.5) is 0 Å². The average molecular weight is 356 g/mol. The van der Waals surface area contributed by atoms with Gasteiger partial charge in [-0.1, -0.05) is 44.0 Å². The van der Waals surface area contributed by atoms with Crippen LogP contribution in [0.3, 0.4) is 0 Å². The van der Waals surface area contributed by atoms with Gasteiger partial charge in [0.15, 0.2) is 0 Å². The molecule has 3 heteroatoms. The third-order valence-electron chi connectivity index (χ3n) is 2.38. The SMILES string of the molecule is Cc1cccc(Oc2ccc(Br)cc2CBr)c1. The minimum Gasteiger partial charge on any atom is -0.457 e. The van der Waals surface area contributed by atoms with Gasteiger partial charge in [-0.3, -0.25) is 0 Å². The topological polar surface area (TPSA) is 9.23 Å². The first-order chi connectivity index (χ1) is 8.19. The van der Waals surface area contributed by atoms with Gasteiger partial charge in [0, 0.05) is 15.4 Å². The first kappa shape index (κ1) is 12.7. The molecule has 2 rings (SSSR count). The quantitative estimate of drug-likeness (QED) is 0.665. The first-order valence-electron chi connectivity index (χ1n) is 5.28. The van der Waals surface area contributed by atoms with Gasteiger partial charge in [-0.2, -0.15) is 0 Å². The summed E-state index contributed by atoms with van der Waals surface area (Å²) in [6, 6.07) is 14.1. The van der Waals surface area contributed by atoms with E-state index < -0.39 is 0 Å². The highest BCUT2D eigenvalue weighted by Crippen LogP contribution is 2.29. The summed E-state index contributed by atoms with van der Waals surface area (Å²) in [5, 5.41) is 0.771. The molecule has 0 aromatic heterocycles. The standard InChI is InChI=1S/C14H12Br2O/c1-10-3-2-4-13(7-10)17-14-6-5-12(16)8-11(14)9-15/h2-8H,9H2,1H3. The van der Waals surface area contributed by atoms with Crippen molar-refractivity contribution in [1.82, 2.24) is 0 Å². The van der Waals surface area contributed by atoms with Crippen LogP contribution in [0.1, 0.15) is 11.1 Å². The Balaban J connectivity index is 2.29. The molecule has 0 radical (unpaired) electrons. The van der Waals surface area contributed by atoms with Crippen molar-refractivity contribution < 1.29 is 4.74 Å². The summed E-state index contributed by atoms with van der Waals surface area (Å²) >= 11 is 6.93. The summed E-state index contributed by atoms with van der Waals surface area (Å²) < 4.78 is 6.94. The fraction of sp³-hybridized carbons (Fsp3) is 0.143. The van der Waals surface area contributed by atoms with Gasteiger partial charge in [0.25, 0.3) is 0 Å². The second-order valence-electron chi connectivity index (χ2n) is 3.80. The number of rotatable bonds is 3. The molecular weight excluding hydrogens is 344 g/mol. The Morgan fingerprint density at radius 1 is 1.12 bits per heavy atom. The molecular formula is C14H12Br2O. The zero-order valence-corrected chi connectivity index (χ0v) is 12.6. The Kier molecular flexibility index (Phi) is 4.24. The molecule has 0 saturated heterocycles. The van der Waals surface area contributed by atoms with Gasteiger partial charge >= 0.3 is 0 Å². The van der Waals surface area contributed by atoms with Gasteiger partial charge in [-0.05, 0) is 42.8 Å². The number of ether oxygens (including phenoxy) is 1. The second-order valence-corrected chi connectivity index (χ2v) is 5.28. The predicted molar refractivity (Wildman–Crippen MR) is 78.0 cm³/mol. The lowest BCUT2D eigenvalue weighted by Gasteiger charge is -2.10. The maximum atomic E-state index is 5.89. The predicted octanol–water partition coefficient (Wildman–Crippen LogP) is 5.44. The molecule has 2 aromatic rings. The van der Waals surface area contributed by atoms with Gasteiger partial charge in [0.2, 0.25) is 0 Å². The lowest BCUT2D eigenvalue weighted by Crippen LogP contribution is -1.89. The maximum Gasteiger partial charge on any atom is 0.131 e. The summed E-state index contributed by atoms with van der Waals surface area (Å²) in [7, 11) is 0. The highest BCUT2D eigenvalue weighted by atomic mass is 79.9. The summed E-state index contributed by atoms with van der Waals surface area (Å²) in [4.78, 5) is 0. The molecule has 0 saturated carbocycles. The van der Waals surface area contributed by atoms with E-state index in [4.69, 9.17) is 4.74 Å². The molecule has 0 bridgehead atoms. The van der Waals surface area contributed by atoms with Crippen molar-refractivity contribution in [2.75, 3.05) is 0 Å². The van der Waals surface area contributed by atoms with Crippen molar-refractivity contribution in [3.05, 3.63) is 58.1 Å². The van der Waals surface area contributed by atoms with E-state index in [1.54, 1.807) is 0 Å². The van der Waals surface area contributed by atoms with Crippen LogP contribution in [0.25, 0.3) is 0 Å². The lowest BCUT2D eigenvalue weighted by molar-refractivity contribution is 0.478. The van der Waals surface area contributed by atoms with Crippen molar-refractivity contribution in [2.45, 2.75) is 12.3 Å². The van der Waals surface area contributed by atoms with E-state index in [0.717, 1.165) is 26.9 Å². The van der Waals surface area contributed by atoms with Crippen molar-refractivity contribution in [2.24, 2.45) is 0 Å². The van der Waals surface area contributed by atoms with Crippen molar-refractivity contribution >= 4 is 31.9 Å². The Labute approximate surface area is 118 Å². The molecule has 0 aliphatic carbocycles. The van der Waals surface area contributed by atoms with Crippen LogP contribution in [-0.2, 0) is 5.33 Å². The molecule has 0 unspecified atom stereocenters. The molecule has 2 aromatic carbocycles. The molecule has 17 heavy (non-hydrogen) atoms.